The van der Waals surface area contributed by atoms with Gasteiger partial charge in [0.25, 0.3) is 0 Å². The highest BCUT2D eigenvalue weighted by Crippen LogP contribution is 2.66. The minimum Gasteiger partial charge on any atom is -0.393 e. The van der Waals surface area contributed by atoms with Gasteiger partial charge in [0.1, 0.15) is 5.78 Å². The van der Waals surface area contributed by atoms with Gasteiger partial charge in [-0.2, -0.15) is 0 Å². The van der Waals surface area contributed by atoms with Gasteiger partial charge < -0.3 is 5.11 Å². The molecule has 3 fully saturated rings. The summed E-state index contributed by atoms with van der Waals surface area (Å²) in [7, 11) is 0. The van der Waals surface area contributed by atoms with Crippen LogP contribution in [-0.2, 0) is 9.59 Å². The van der Waals surface area contributed by atoms with E-state index in [9.17, 15) is 14.7 Å². The van der Waals surface area contributed by atoms with E-state index in [2.05, 4.69) is 13.8 Å². The van der Waals surface area contributed by atoms with Crippen molar-refractivity contribution in [3.8, 4) is 0 Å². The maximum Gasteiger partial charge on any atom is 0.155 e. The standard InChI is InChI=1S/C21H30O3/c1-12(22)16-6-7-17-15-5-4-13-10-14(23)8-9-20(13,2)18(15)11-19(24)21(16,17)3/h10,15-19,24H,4-9,11H2,1-3H3/t15-,16+,17-,18-,19?,20-,21+/m0/s1. The topological polar surface area (TPSA) is 54.4 Å². The quantitative estimate of drug-likeness (QED) is 0.797. The molecule has 0 saturated heterocycles. The number of Topliss-reactive ketones (excluding diaryl/α,β-unsaturated/α-hetero) is 1. The van der Waals surface area contributed by atoms with Crippen LogP contribution < -0.4 is 0 Å². The monoisotopic (exact) mass is 330 g/mol. The second-order valence-corrected chi connectivity index (χ2v) is 9.33. The van der Waals surface area contributed by atoms with Crippen LogP contribution in [0.3, 0.4) is 0 Å². The molecule has 0 amide bonds. The summed E-state index contributed by atoms with van der Waals surface area (Å²) in [6.45, 7) is 6.21. The van der Waals surface area contributed by atoms with Gasteiger partial charge in [0.15, 0.2) is 5.78 Å². The summed E-state index contributed by atoms with van der Waals surface area (Å²) in [6.07, 6.45) is 8.06. The predicted molar refractivity (Wildman–Crippen MR) is 92.3 cm³/mol. The average Bonchev–Trinajstić information content (AvgIpc) is 2.88. The van der Waals surface area contributed by atoms with E-state index in [0.29, 0.717) is 24.2 Å². The van der Waals surface area contributed by atoms with Crippen molar-refractivity contribution in [1.82, 2.24) is 0 Å². The number of hydrogen-bond donors (Lipinski definition) is 1. The molecule has 3 heteroatoms. The lowest BCUT2D eigenvalue weighted by atomic mass is 9.46. The molecule has 3 nitrogen and oxygen atoms in total. The Labute approximate surface area is 144 Å². The molecule has 0 aromatic carbocycles. The number of allylic oxidation sites excluding steroid dienone is 1. The number of ketones is 2. The van der Waals surface area contributed by atoms with Crippen LogP contribution in [0, 0.1) is 34.5 Å². The van der Waals surface area contributed by atoms with Crippen molar-refractivity contribution in [3.05, 3.63) is 11.6 Å². The molecule has 0 heterocycles. The SMILES string of the molecule is CC(=O)[C@H]1CC[C@H]2[C@@H]3CCC4=CC(=O)CC[C@]4(C)[C@H]3CC(O)[C@]12C. The zero-order valence-electron chi connectivity index (χ0n) is 15.2. The van der Waals surface area contributed by atoms with Gasteiger partial charge in [0.2, 0.25) is 0 Å². The fourth-order valence-electron chi connectivity index (χ4n) is 7.19. The van der Waals surface area contributed by atoms with Gasteiger partial charge in [-0.15, -0.1) is 0 Å². The molecule has 1 N–H and O–H groups in total. The zero-order valence-corrected chi connectivity index (χ0v) is 15.2. The summed E-state index contributed by atoms with van der Waals surface area (Å²) >= 11 is 0. The number of carbonyl (C=O) groups excluding carboxylic acids is 2. The highest BCUT2D eigenvalue weighted by Gasteiger charge is 2.63. The summed E-state index contributed by atoms with van der Waals surface area (Å²) in [5.41, 5.74) is 1.17. The van der Waals surface area contributed by atoms with Crippen LogP contribution in [0.15, 0.2) is 11.6 Å². The van der Waals surface area contributed by atoms with Crippen LogP contribution in [0.25, 0.3) is 0 Å². The Hall–Kier alpha value is -0.960. The molecule has 4 aliphatic carbocycles. The number of rotatable bonds is 1. The molecular formula is C21H30O3. The Balaban J connectivity index is 1.72. The minimum absolute atomic E-state index is 0.0242. The molecule has 132 valence electrons. The van der Waals surface area contributed by atoms with Crippen molar-refractivity contribution in [2.75, 3.05) is 0 Å². The van der Waals surface area contributed by atoms with E-state index in [4.69, 9.17) is 0 Å². The zero-order chi connectivity index (χ0) is 17.3. The molecule has 4 aliphatic rings. The third-order valence-electron chi connectivity index (χ3n) is 8.56. The van der Waals surface area contributed by atoms with E-state index in [1.54, 1.807) is 6.92 Å². The second-order valence-electron chi connectivity index (χ2n) is 9.33. The Morgan fingerprint density at radius 1 is 1.17 bits per heavy atom. The first-order valence-electron chi connectivity index (χ1n) is 9.71. The molecule has 0 spiro atoms. The largest absolute Gasteiger partial charge is 0.393 e. The molecule has 4 rings (SSSR count). The van der Waals surface area contributed by atoms with E-state index >= 15 is 0 Å². The number of aliphatic hydroxyl groups excluding tert-OH is 1. The van der Waals surface area contributed by atoms with E-state index < -0.39 is 6.10 Å². The second kappa shape index (κ2) is 5.27. The Bertz CT molecular complexity index is 621. The van der Waals surface area contributed by atoms with Gasteiger partial charge >= 0.3 is 0 Å². The Morgan fingerprint density at radius 3 is 2.62 bits per heavy atom. The van der Waals surface area contributed by atoms with Crippen LogP contribution in [0.4, 0.5) is 0 Å². The molecule has 0 bridgehead atoms. The van der Waals surface area contributed by atoms with Crippen LogP contribution in [0.1, 0.15) is 65.7 Å². The number of aliphatic hydroxyl groups is 1. The molecule has 1 unspecified atom stereocenters. The van der Waals surface area contributed by atoms with Crippen molar-refractivity contribution in [3.63, 3.8) is 0 Å². The van der Waals surface area contributed by atoms with Gasteiger partial charge in [-0.05, 0) is 74.7 Å². The maximum absolute atomic E-state index is 12.2. The molecule has 3 saturated carbocycles. The van der Waals surface area contributed by atoms with Crippen molar-refractivity contribution in [2.45, 2.75) is 71.8 Å². The van der Waals surface area contributed by atoms with Crippen LogP contribution in [0.2, 0.25) is 0 Å². The van der Waals surface area contributed by atoms with Crippen molar-refractivity contribution < 1.29 is 14.7 Å². The molecular weight excluding hydrogens is 300 g/mol. The average molecular weight is 330 g/mol. The molecule has 0 aliphatic heterocycles. The summed E-state index contributed by atoms with van der Waals surface area (Å²) in [6, 6.07) is 0. The first kappa shape index (κ1) is 16.5. The van der Waals surface area contributed by atoms with E-state index in [-0.39, 0.29) is 28.3 Å². The van der Waals surface area contributed by atoms with Crippen LogP contribution in [-0.4, -0.2) is 22.8 Å². The smallest absolute Gasteiger partial charge is 0.155 e. The minimum atomic E-state index is -0.394. The highest BCUT2D eigenvalue weighted by molar-refractivity contribution is 5.91. The summed E-state index contributed by atoms with van der Waals surface area (Å²) < 4.78 is 0. The van der Waals surface area contributed by atoms with E-state index in [0.717, 1.165) is 38.5 Å². The summed E-state index contributed by atoms with van der Waals surface area (Å²) in [5.74, 6) is 2.07. The lowest BCUT2D eigenvalue weighted by molar-refractivity contribution is -0.149. The normalized spacial score (nSPS) is 50.6. The van der Waals surface area contributed by atoms with Gasteiger partial charge in [0, 0.05) is 17.8 Å². The third-order valence-corrected chi connectivity index (χ3v) is 8.56. The van der Waals surface area contributed by atoms with Crippen molar-refractivity contribution >= 4 is 11.6 Å². The molecule has 7 atom stereocenters. The fourth-order valence-corrected chi connectivity index (χ4v) is 7.19. The lowest BCUT2D eigenvalue weighted by Gasteiger charge is -2.59. The third kappa shape index (κ3) is 2.00. The summed E-state index contributed by atoms with van der Waals surface area (Å²) in [4.78, 5) is 24.1. The van der Waals surface area contributed by atoms with Crippen LogP contribution in [0.5, 0.6) is 0 Å². The number of carbonyl (C=O) groups is 2. The Morgan fingerprint density at radius 2 is 1.92 bits per heavy atom. The molecule has 0 radical (unpaired) electrons. The predicted octanol–water partition coefficient (Wildman–Crippen LogP) is 3.69. The molecule has 0 aromatic heterocycles. The number of fused-ring (bicyclic) bond motifs is 5. The van der Waals surface area contributed by atoms with Crippen molar-refractivity contribution in [2.24, 2.45) is 34.5 Å². The van der Waals surface area contributed by atoms with Crippen molar-refractivity contribution in [1.29, 1.82) is 0 Å². The van der Waals surface area contributed by atoms with Gasteiger partial charge in [-0.25, -0.2) is 0 Å². The summed E-state index contributed by atoms with van der Waals surface area (Å²) in [5, 5.41) is 11.1. The van der Waals surface area contributed by atoms with Crippen LogP contribution >= 0.6 is 0 Å². The fraction of sp³-hybridized carbons (Fsp3) is 0.810. The lowest BCUT2D eigenvalue weighted by Crippen LogP contribution is -2.57. The first-order chi connectivity index (χ1) is 11.3. The van der Waals surface area contributed by atoms with Gasteiger partial charge in [-0.1, -0.05) is 19.4 Å². The van der Waals surface area contributed by atoms with Gasteiger partial charge in [0.05, 0.1) is 6.10 Å². The first-order valence-corrected chi connectivity index (χ1v) is 9.71. The van der Waals surface area contributed by atoms with Gasteiger partial charge in [-0.3, -0.25) is 9.59 Å². The maximum atomic E-state index is 12.2. The molecule has 24 heavy (non-hydrogen) atoms. The van der Waals surface area contributed by atoms with E-state index in [1.807, 2.05) is 6.08 Å². The number of hydrogen-bond acceptors (Lipinski definition) is 3. The van der Waals surface area contributed by atoms with E-state index in [1.165, 1.54) is 5.57 Å². The molecule has 0 aromatic rings. The highest BCUT2D eigenvalue weighted by atomic mass is 16.3. The Kier molecular flexibility index (Phi) is 3.62.